The lowest BCUT2D eigenvalue weighted by Gasteiger charge is -1.91. The van der Waals surface area contributed by atoms with Gasteiger partial charge in [0.15, 0.2) is 0 Å². The maximum Gasteiger partial charge on any atom is 0.0654 e. The molecule has 0 aliphatic carbocycles. The Balaban J connectivity index is 1.82. The van der Waals surface area contributed by atoms with Gasteiger partial charge >= 0.3 is 0 Å². The Kier molecular flexibility index (Phi) is 2.88. The third kappa shape index (κ3) is 2.71. The highest BCUT2D eigenvalue weighted by atomic mass is 14.8. The van der Waals surface area contributed by atoms with Gasteiger partial charge < -0.3 is 4.98 Å². The predicted octanol–water partition coefficient (Wildman–Crippen LogP) is 3.76. The first-order chi connectivity index (χ1) is 9.19. The van der Waals surface area contributed by atoms with Crippen LogP contribution in [-0.2, 0) is 0 Å². The molecule has 3 heteroatoms. The molecule has 0 atom stereocenters. The molecule has 1 aromatic rings. The van der Waals surface area contributed by atoms with Gasteiger partial charge in [0.05, 0.1) is 11.4 Å². The first kappa shape index (κ1) is 11.7. The number of H-pyrrole nitrogens is 1. The van der Waals surface area contributed by atoms with E-state index in [1.54, 1.807) is 0 Å². The summed E-state index contributed by atoms with van der Waals surface area (Å²) in [6.07, 6.45) is 12.1. The third-order valence-corrected chi connectivity index (χ3v) is 2.94. The van der Waals surface area contributed by atoms with Crippen LogP contribution in [0.25, 0.3) is 12.2 Å². The van der Waals surface area contributed by atoms with E-state index in [-0.39, 0.29) is 0 Å². The second-order valence-electron chi connectivity index (χ2n) is 4.68. The number of aromatic amines is 1. The Labute approximate surface area is 112 Å². The summed E-state index contributed by atoms with van der Waals surface area (Å²) in [6.45, 7) is 3.99. The van der Waals surface area contributed by atoms with E-state index in [9.17, 15) is 0 Å². The van der Waals surface area contributed by atoms with Gasteiger partial charge in [0.25, 0.3) is 0 Å². The zero-order valence-corrected chi connectivity index (χ0v) is 11.0. The Morgan fingerprint density at radius 2 is 1.26 bits per heavy atom. The fourth-order valence-corrected chi connectivity index (χ4v) is 2.05. The highest BCUT2D eigenvalue weighted by Gasteiger charge is 2.02. The number of aliphatic imine (C=N–C) groups is 2. The van der Waals surface area contributed by atoms with Crippen LogP contribution in [0.3, 0.4) is 0 Å². The van der Waals surface area contributed by atoms with E-state index in [0.29, 0.717) is 0 Å². The Hall–Kier alpha value is -2.42. The molecule has 1 N–H and O–H groups in total. The number of hydrogen-bond donors (Lipinski definition) is 1. The molecule has 3 heterocycles. The van der Waals surface area contributed by atoms with Crippen molar-refractivity contribution >= 4 is 23.6 Å². The van der Waals surface area contributed by atoms with Gasteiger partial charge in [-0.3, -0.25) is 9.98 Å². The van der Waals surface area contributed by atoms with Gasteiger partial charge in [-0.1, -0.05) is 0 Å². The van der Waals surface area contributed by atoms with Gasteiger partial charge in [0, 0.05) is 22.8 Å². The maximum atomic E-state index is 4.40. The maximum absolute atomic E-state index is 4.40. The van der Waals surface area contributed by atoms with Crippen molar-refractivity contribution in [2.24, 2.45) is 9.98 Å². The summed E-state index contributed by atoms with van der Waals surface area (Å²) in [7, 11) is 0. The van der Waals surface area contributed by atoms with Gasteiger partial charge in [0.1, 0.15) is 0 Å². The van der Waals surface area contributed by atoms with E-state index in [0.717, 1.165) is 34.2 Å². The van der Waals surface area contributed by atoms with Crippen molar-refractivity contribution < 1.29 is 0 Å². The topological polar surface area (TPSA) is 40.5 Å². The molecule has 2 aliphatic rings. The average Bonchev–Trinajstić information content (AvgIpc) is 3.05. The monoisotopic (exact) mass is 249 g/mol. The molecule has 94 valence electrons. The number of aromatic nitrogens is 1. The number of nitrogens with one attached hydrogen (secondary N) is 1. The first-order valence-corrected chi connectivity index (χ1v) is 6.28. The van der Waals surface area contributed by atoms with Crippen molar-refractivity contribution in [2.75, 3.05) is 0 Å². The number of hydrogen-bond acceptors (Lipinski definition) is 2. The van der Waals surface area contributed by atoms with Gasteiger partial charge in [-0.15, -0.1) is 0 Å². The quantitative estimate of drug-likeness (QED) is 0.829. The zero-order valence-electron chi connectivity index (χ0n) is 11.0. The van der Waals surface area contributed by atoms with Crippen molar-refractivity contribution in [1.29, 1.82) is 0 Å². The summed E-state index contributed by atoms with van der Waals surface area (Å²) in [5.41, 5.74) is 6.14. The molecule has 2 aliphatic heterocycles. The van der Waals surface area contributed by atoms with Crippen LogP contribution in [0.1, 0.15) is 25.2 Å². The fourth-order valence-electron chi connectivity index (χ4n) is 2.05. The molecule has 0 fully saturated rings. The minimum Gasteiger partial charge on any atom is -0.355 e. The smallest absolute Gasteiger partial charge is 0.0654 e. The molecular formula is C16H15N3. The van der Waals surface area contributed by atoms with E-state index in [1.165, 1.54) is 0 Å². The Morgan fingerprint density at radius 1 is 0.789 bits per heavy atom. The molecule has 0 aromatic carbocycles. The Bertz CT molecular complexity index is 633. The summed E-state index contributed by atoms with van der Waals surface area (Å²) in [4.78, 5) is 12.1. The minimum absolute atomic E-state index is 0.980. The summed E-state index contributed by atoms with van der Waals surface area (Å²) in [5, 5.41) is 0. The predicted molar refractivity (Wildman–Crippen MR) is 81.2 cm³/mol. The number of nitrogens with zero attached hydrogens (tertiary/aromatic N) is 2. The summed E-state index contributed by atoms with van der Waals surface area (Å²) in [5.74, 6) is 0. The van der Waals surface area contributed by atoms with E-state index >= 15 is 0 Å². The lowest BCUT2D eigenvalue weighted by atomic mass is 10.3. The van der Waals surface area contributed by atoms with Crippen molar-refractivity contribution in [2.45, 2.75) is 13.8 Å². The third-order valence-electron chi connectivity index (χ3n) is 2.94. The number of allylic oxidation sites excluding steroid dienone is 4. The van der Waals surface area contributed by atoms with Crippen LogP contribution in [-0.4, -0.2) is 16.4 Å². The van der Waals surface area contributed by atoms with Crippen LogP contribution in [0.4, 0.5) is 0 Å². The summed E-state index contributed by atoms with van der Waals surface area (Å²) in [6, 6.07) is 4.09. The zero-order chi connectivity index (χ0) is 13.2. The van der Waals surface area contributed by atoms with Gasteiger partial charge in [-0.25, -0.2) is 0 Å². The molecule has 0 saturated carbocycles. The van der Waals surface area contributed by atoms with Crippen LogP contribution >= 0.6 is 0 Å². The lowest BCUT2D eigenvalue weighted by molar-refractivity contribution is 1.32. The molecular weight excluding hydrogens is 234 g/mol. The minimum atomic E-state index is 0.980. The average molecular weight is 249 g/mol. The molecule has 0 saturated heterocycles. The van der Waals surface area contributed by atoms with Crippen molar-refractivity contribution in [3.63, 3.8) is 0 Å². The molecule has 0 radical (unpaired) electrons. The summed E-state index contributed by atoms with van der Waals surface area (Å²) < 4.78 is 0. The SMILES string of the molecule is CC1=N/C(=C\c2ccc(/C=C3\C=CC(C)=N3)[nH]2)C=C1. The molecule has 3 rings (SSSR count). The normalized spacial score (nSPS) is 21.6. The van der Waals surface area contributed by atoms with Crippen LogP contribution in [0.2, 0.25) is 0 Å². The molecule has 3 nitrogen and oxygen atoms in total. The standard InChI is InChI=1S/C16H15N3/c1-11-3-5-13(17-11)9-15-7-8-16(19-15)10-14-6-4-12(2)18-14/h3-10,19H,1-2H3/b13-9-,14-10+. The van der Waals surface area contributed by atoms with E-state index in [1.807, 2.05) is 62.4 Å². The summed E-state index contributed by atoms with van der Waals surface area (Å²) >= 11 is 0. The molecule has 0 spiro atoms. The largest absolute Gasteiger partial charge is 0.355 e. The van der Waals surface area contributed by atoms with Crippen LogP contribution < -0.4 is 0 Å². The van der Waals surface area contributed by atoms with Gasteiger partial charge in [-0.2, -0.15) is 0 Å². The van der Waals surface area contributed by atoms with E-state index in [4.69, 9.17) is 0 Å². The van der Waals surface area contributed by atoms with Crippen LogP contribution in [0, 0.1) is 0 Å². The van der Waals surface area contributed by atoms with Gasteiger partial charge in [0.2, 0.25) is 0 Å². The molecule has 1 aromatic heterocycles. The molecule has 19 heavy (non-hydrogen) atoms. The second-order valence-corrected chi connectivity index (χ2v) is 4.68. The first-order valence-electron chi connectivity index (χ1n) is 6.28. The van der Waals surface area contributed by atoms with E-state index in [2.05, 4.69) is 15.0 Å². The highest BCUT2D eigenvalue weighted by molar-refractivity contribution is 5.97. The van der Waals surface area contributed by atoms with Crippen LogP contribution in [0.5, 0.6) is 0 Å². The molecule has 0 bridgehead atoms. The second kappa shape index (κ2) is 4.69. The molecule has 0 amide bonds. The molecule has 0 unspecified atom stereocenters. The fraction of sp³-hybridized carbons (Fsp3) is 0.125. The van der Waals surface area contributed by atoms with Gasteiger partial charge in [-0.05, 0) is 62.4 Å². The van der Waals surface area contributed by atoms with Crippen molar-refractivity contribution in [1.82, 2.24) is 4.98 Å². The van der Waals surface area contributed by atoms with Crippen molar-refractivity contribution in [3.8, 4) is 0 Å². The van der Waals surface area contributed by atoms with Crippen molar-refractivity contribution in [3.05, 3.63) is 59.2 Å². The number of rotatable bonds is 2. The van der Waals surface area contributed by atoms with E-state index < -0.39 is 0 Å². The Morgan fingerprint density at radius 3 is 1.63 bits per heavy atom. The van der Waals surface area contributed by atoms with Crippen LogP contribution in [0.15, 0.2) is 57.8 Å². The lowest BCUT2D eigenvalue weighted by Crippen LogP contribution is -1.78. The highest BCUT2D eigenvalue weighted by Crippen LogP contribution is 2.17.